The summed E-state index contributed by atoms with van der Waals surface area (Å²) in [5.74, 6) is 0.258. The van der Waals surface area contributed by atoms with Crippen LogP contribution in [0.1, 0.15) is 17.3 Å². The van der Waals surface area contributed by atoms with Crippen molar-refractivity contribution in [2.45, 2.75) is 13.5 Å². The van der Waals surface area contributed by atoms with E-state index in [1.807, 2.05) is 31.1 Å². The van der Waals surface area contributed by atoms with Crippen molar-refractivity contribution in [2.24, 2.45) is 4.99 Å². The normalized spacial score (nSPS) is 11.5. The molecule has 2 aromatic carbocycles. The molecule has 3 rings (SSSR count). The zero-order valence-electron chi connectivity index (χ0n) is 18.2. The smallest absolute Gasteiger partial charge is 0.326 e. The van der Waals surface area contributed by atoms with Gasteiger partial charge in [-0.1, -0.05) is 11.3 Å². The highest BCUT2D eigenvalue weighted by molar-refractivity contribution is 7.16. The summed E-state index contributed by atoms with van der Waals surface area (Å²) in [7, 11) is 6.95. The van der Waals surface area contributed by atoms with Gasteiger partial charge in [-0.3, -0.25) is 9.59 Å². The molecule has 0 aliphatic heterocycles. The van der Waals surface area contributed by atoms with E-state index in [0.717, 1.165) is 10.4 Å². The molecule has 0 atom stereocenters. The summed E-state index contributed by atoms with van der Waals surface area (Å²) in [6.45, 7) is 1.94. The molecule has 0 aliphatic rings. The number of rotatable bonds is 7. The average molecular weight is 444 g/mol. The summed E-state index contributed by atoms with van der Waals surface area (Å²) in [6, 6.07) is 10.7. The van der Waals surface area contributed by atoms with E-state index in [4.69, 9.17) is 14.2 Å². The number of amides is 1. The summed E-state index contributed by atoms with van der Waals surface area (Å²) < 4.78 is 18.3. The first-order valence-corrected chi connectivity index (χ1v) is 10.5. The SMILES string of the molecule is CCOC(=O)Cn1c(=NC(=O)c2ccc(N(C)C)cc2)sc2cc(OC)c(OC)cc21. The van der Waals surface area contributed by atoms with Crippen LogP contribution < -0.4 is 19.2 Å². The molecule has 0 saturated carbocycles. The van der Waals surface area contributed by atoms with Crippen LogP contribution in [0.3, 0.4) is 0 Å². The number of carbonyl (C=O) groups excluding carboxylic acids is 2. The first kappa shape index (κ1) is 22.4. The number of benzene rings is 2. The van der Waals surface area contributed by atoms with E-state index in [-0.39, 0.29) is 13.2 Å². The van der Waals surface area contributed by atoms with Gasteiger partial charge in [-0.25, -0.2) is 0 Å². The zero-order valence-corrected chi connectivity index (χ0v) is 19.0. The first-order valence-electron chi connectivity index (χ1n) is 9.65. The molecule has 0 saturated heterocycles. The fourth-order valence-corrected chi connectivity index (χ4v) is 4.06. The molecule has 31 heavy (non-hydrogen) atoms. The van der Waals surface area contributed by atoms with Crippen molar-refractivity contribution in [1.29, 1.82) is 0 Å². The Kier molecular flexibility index (Phi) is 6.96. The van der Waals surface area contributed by atoms with Gasteiger partial charge in [0.05, 0.1) is 31.0 Å². The van der Waals surface area contributed by atoms with Crippen molar-refractivity contribution in [3.8, 4) is 11.5 Å². The number of hydrogen-bond acceptors (Lipinski definition) is 7. The van der Waals surface area contributed by atoms with E-state index in [9.17, 15) is 9.59 Å². The number of hydrogen-bond donors (Lipinski definition) is 0. The molecular weight excluding hydrogens is 418 g/mol. The van der Waals surface area contributed by atoms with Gasteiger partial charge >= 0.3 is 5.97 Å². The van der Waals surface area contributed by atoms with Gasteiger partial charge in [0.15, 0.2) is 16.3 Å². The number of thiazole rings is 1. The Labute approximate surface area is 184 Å². The summed E-state index contributed by atoms with van der Waals surface area (Å²) in [4.78, 5) is 31.7. The van der Waals surface area contributed by atoms with Crippen molar-refractivity contribution in [2.75, 3.05) is 39.8 Å². The number of nitrogens with zero attached hydrogens (tertiary/aromatic N) is 3. The predicted octanol–water partition coefficient (Wildman–Crippen LogP) is 3.09. The summed E-state index contributed by atoms with van der Waals surface area (Å²) >= 11 is 1.29. The monoisotopic (exact) mass is 443 g/mol. The van der Waals surface area contributed by atoms with Gasteiger partial charge in [-0.05, 0) is 31.2 Å². The van der Waals surface area contributed by atoms with Gasteiger partial charge in [0.25, 0.3) is 5.91 Å². The molecule has 1 aromatic heterocycles. The Bertz CT molecular complexity index is 1160. The third-order valence-electron chi connectivity index (χ3n) is 4.61. The lowest BCUT2D eigenvalue weighted by molar-refractivity contribution is -0.143. The molecule has 1 heterocycles. The summed E-state index contributed by atoms with van der Waals surface area (Å²) in [6.07, 6.45) is 0. The predicted molar refractivity (Wildman–Crippen MR) is 120 cm³/mol. The second-order valence-electron chi connectivity index (χ2n) is 6.81. The number of aromatic nitrogens is 1. The van der Waals surface area contributed by atoms with Crippen LogP contribution in [0, 0.1) is 0 Å². The first-order chi connectivity index (χ1) is 14.9. The molecule has 0 spiro atoms. The van der Waals surface area contributed by atoms with E-state index in [1.54, 1.807) is 42.9 Å². The number of fused-ring (bicyclic) bond motifs is 1. The Morgan fingerprint density at radius 3 is 2.29 bits per heavy atom. The van der Waals surface area contributed by atoms with Crippen LogP contribution in [-0.2, 0) is 16.1 Å². The lowest BCUT2D eigenvalue weighted by Gasteiger charge is -2.11. The average Bonchev–Trinajstić information content (AvgIpc) is 3.08. The lowest BCUT2D eigenvalue weighted by atomic mass is 10.2. The number of anilines is 1. The molecule has 3 aromatic rings. The standard InChI is InChI=1S/C22H25N3O5S/c1-6-30-20(26)13-25-16-11-17(28-4)18(29-5)12-19(16)31-22(25)23-21(27)14-7-9-15(10-8-14)24(2)3/h7-12H,6,13H2,1-5H3. The van der Waals surface area contributed by atoms with Gasteiger partial charge < -0.3 is 23.7 Å². The highest BCUT2D eigenvalue weighted by Gasteiger charge is 2.16. The van der Waals surface area contributed by atoms with Crippen molar-refractivity contribution in [1.82, 2.24) is 4.57 Å². The minimum absolute atomic E-state index is 0.0744. The number of ether oxygens (including phenoxy) is 3. The van der Waals surface area contributed by atoms with Crippen LogP contribution in [0.5, 0.6) is 11.5 Å². The van der Waals surface area contributed by atoms with E-state index in [2.05, 4.69) is 4.99 Å². The number of carbonyl (C=O) groups is 2. The second-order valence-corrected chi connectivity index (χ2v) is 7.82. The highest BCUT2D eigenvalue weighted by Crippen LogP contribution is 2.33. The van der Waals surface area contributed by atoms with E-state index in [1.165, 1.54) is 18.4 Å². The Morgan fingerprint density at radius 1 is 1.06 bits per heavy atom. The van der Waals surface area contributed by atoms with Gasteiger partial charge in [-0.15, -0.1) is 0 Å². The second kappa shape index (κ2) is 9.65. The Hall–Kier alpha value is -3.33. The van der Waals surface area contributed by atoms with Crippen molar-refractivity contribution in [3.63, 3.8) is 0 Å². The highest BCUT2D eigenvalue weighted by atomic mass is 32.1. The molecule has 1 amide bonds. The molecule has 0 radical (unpaired) electrons. The van der Waals surface area contributed by atoms with Gasteiger partial charge in [0.2, 0.25) is 0 Å². The molecule has 0 unspecified atom stereocenters. The molecule has 8 nitrogen and oxygen atoms in total. The molecule has 164 valence electrons. The molecule has 9 heteroatoms. The molecule has 0 aliphatic carbocycles. The fraction of sp³-hybridized carbons (Fsp3) is 0.318. The van der Waals surface area contributed by atoms with Crippen LogP contribution in [0.25, 0.3) is 10.2 Å². The van der Waals surface area contributed by atoms with Gasteiger partial charge in [0, 0.05) is 37.5 Å². The Balaban J connectivity index is 2.12. The van der Waals surface area contributed by atoms with Crippen LogP contribution in [-0.4, -0.2) is 51.4 Å². The van der Waals surface area contributed by atoms with Crippen molar-refractivity contribution >= 4 is 39.1 Å². The number of esters is 1. The lowest BCUT2D eigenvalue weighted by Crippen LogP contribution is -2.23. The largest absolute Gasteiger partial charge is 0.493 e. The number of methoxy groups -OCH3 is 2. The third kappa shape index (κ3) is 4.88. The van der Waals surface area contributed by atoms with Crippen LogP contribution in [0.15, 0.2) is 41.4 Å². The van der Waals surface area contributed by atoms with Crippen molar-refractivity contribution < 1.29 is 23.8 Å². The summed E-state index contributed by atoms with van der Waals surface area (Å²) in [5.41, 5.74) is 2.14. The van der Waals surface area contributed by atoms with Crippen LogP contribution >= 0.6 is 11.3 Å². The van der Waals surface area contributed by atoms with E-state index < -0.39 is 11.9 Å². The van der Waals surface area contributed by atoms with E-state index in [0.29, 0.717) is 27.4 Å². The summed E-state index contributed by atoms with van der Waals surface area (Å²) in [5, 5.41) is 0. The minimum Gasteiger partial charge on any atom is -0.493 e. The van der Waals surface area contributed by atoms with Crippen LogP contribution in [0.2, 0.25) is 0 Å². The topological polar surface area (TPSA) is 82.4 Å². The molecule has 0 N–H and O–H groups in total. The Morgan fingerprint density at radius 2 is 1.71 bits per heavy atom. The van der Waals surface area contributed by atoms with Gasteiger partial charge in [0.1, 0.15) is 6.54 Å². The molecule has 0 fully saturated rings. The molecular formula is C22H25N3O5S. The van der Waals surface area contributed by atoms with Crippen LogP contribution in [0.4, 0.5) is 5.69 Å². The maximum Gasteiger partial charge on any atom is 0.326 e. The minimum atomic E-state index is -0.416. The molecule has 0 bridgehead atoms. The maximum absolute atomic E-state index is 12.8. The third-order valence-corrected chi connectivity index (χ3v) is 5.65. The quantitative estimate of drug-likeness (QED) is 0.522. The maximum atomic E-state index is 12.8. The fourth-order valence-electron chi connectivity index (χ4n) is 3.02. The zero-order chi connectivity index (χ0) is 22.5. The van der Waals surface area contributed by atoms with E-state index >= 15 is 0 Å². The van der Waals surface area contributed by atoms with Gasteiger partial charge in [-0.2, -0.15) is 4.99 Å². The van der Waals surface area contributed by atoms with Crippen molar-refractivity contribution in [3.05, 3.63) is 46.8 Å².